The Hall–Kier alpha value is -2.00. The van der Waals surface area contributed by atoms with Crippen LogP contribution in [0, 0.1) is 0 Å². The van der Waals surface area contributed by atoms with Gasteiger partial charge in [-0.1, -0.05) is 55.8 Å². The number of nitrogens with one attached hydrogen (secondary N) is 2. The Morgan fingerprint density at radius 3 is 2.23 bits per heavy atom. The molecular weight excluding hydrogens is 296 g/mol. The number of aryl methyl sites for hydroxylation is 2. The summed E-state index contributed by atoms with van der Waals surface area (Å²) >= 11 is 6.05. The molecule has 0 heterocycles. The van der Waals surface area contributed by atoms with Gasteiger partial charge in [0.1, 0.15) is 0 Å². The first-order chi connectivity index (χ1) is 10.7. The van der Waals surface area contributed by atoms with Gasteiger partial charge >= 0.3 is 0 Å². The number of benzene rings is 2. The van der Waals surface area contributed by atoms with Crippen molar-refractivity contribution in [2.45, 2.75) is 26.7 Å². The quantitative estimate of drug-likeness (QED) is 0.823. The highest BCUT2D eigenvalue weighted by Crippen LogP contribution is 2.23. The average Bonchev–Trinajstić information content (AvgIpc) is 2.54. The van der Waals surface area contributed by atoms with Crippen LogP contribution in [0.4, 0.5) is 11.4 Å². The second-order valence-electron chi connectivity index (χ2n) is 5.04. The topological polar surface area (TPSA) is 41.1 Å². The summed E-state index contributed by atoms with van der Waals surface area (Å²) in [4.78, 5) is 12.1. The second kappa shape index (κ2) is 7.85. The summed E-state index contributed by atoms with van der Waals surface area (Å²) in [5.74, 6) is -0.110. The van der Waals surface area contributed by atoms with Crippen molar-refractivity contribution in [2.75, 3.05) is 17.2 Å². The van der Waals surface area contributed by atoms with E-state index in [4.69, 9.17) is 11.6 Å². The van der Waals surface area contributed by atoms with Crippen LogP contribution in [0.1, 0.15) is 25.0 Å². The van der Waals surface area contributed by atoms with Gasteiger partial charge in [-0.3, -0.25) is 4.79 Å². The molecule has 0 fully saturated rings. The van der Waals surface area contributed by atoms with E-state index < -0.39 is 0 Å². The number of anilines is 2. The van der Waals surface area contributed by atoms with Gasteiger partial charge in [0.25, 0.3) is 0 Å². The first-order valence-corrected chi connectivity index (χ1v) is 7.92. The number of hydrogen-bond acceptors (Lipinski definition) is 2. The summed E-state index contributed by atoms with van der Waals surface area (Å²) in [6, 6.07) is 13.5. The third-order valence-corrected chi connectivity index (χ3v) is 3.90. The lowest BCUT2D eigenvalue weighted by Crippen LogP contribution is -2.23. The van der Waals surface area contributed by atoms with Crippen LogP contribution in [0.3, 0.4) is 0 Å². The predicted molar refractivity (Wildman–Crippen MR) is 93.8 cm³/mol. The Balaban J connectivity index is 2.04. The van der Waals surface area contributed by atoms with E-state index in [0.717, 1.165) is 18.5 Å². The third-order valence-electron chi connectivity index (χ3n) is 3.57. The molecule has 4 heteroatoms. The van der Waals surface area contributed by atoms with Crippen molar-refractivity contribution >= 4 is 28.9 Å². The number of rotatable bonds is 6. The maximum Gasteiger partial charge on any atom is 0.243 e. The van der Waals surface area contributed by atoms with Crippen LogP contribution in [0.25, 0.3) is 0 Å². The minimum absolute atomic E-state index is 0.110. The van der Waals surface area contributed by atoms with E-state index in [9.17, 15) is 4.79 Å². The zero-order chi connectivity index (χ0) is 15.9. The molecule has 2 N–H and O–H groups in total. The second-order valence-corrected chi connectivity index (χ2v) is 5.45. The molecule has 0 aliphatic carbocycles. The van der Waals surface area contributed by atoms with Gasteiger partial charge in [-0.15, -0.1) is 0 Å². The highest BCUT2D eigenvalue weighted by atomic mass is 35.5. The largest absolute Gasteiger partial charge is 0.376 e. The van der Waals surface area contributed by atoms with Crippen molar-refractivity contribution in [3.8, 4) is 0 Å². The molecule has 0 radical (unpaired) electrons. The maximum absolute atomic E-state index is 12.1. The van der Waals surface area contributed by atoms with Gasteiger partial charge in [0, 0.05) is 5.69 Å². The zero-order valence-electron chi connectivity index (χ0n) is 12.9. The van der Waals surface area contributed by atoms with E-state index in [-0.39, 0.29) is 12.5 Å². The van der Waals surface area contributed by atoms with E-state index in [1.807, 2.05) is 12.1 Å². The molecule has 0 saturated carbocycles. The lowest BCUT2D eigenvalue weighted by Gasteiger charge is -2.15. The molecule has 22 heavy (non-hydrogen) atoms. The molecule has 1 amide bonds. The SMILES string of the molecule is CCc1cccc(CC)c1NCC(=O)Nc1ccccc1Cl. The van der Waals surface area contributed by atoms with E-state index in [1.165, 1.54) is 11.1 Å². The fraction of sp³-hybridized carbons (Fsp3) is 0.278. The average molecular weight is 317 g/mol. The summed E-state index contributed by atoms with van der Waals surface area (Å²) in [5, 5.41) is 6.63. The summed E-state index contributed by atoms with van der Waals surface area (Å²) in [6.07, 6.45) is 1.87. The van der Waals surface area contributed by atoms with Crippen molar-refractivity contribution in [3.63, 3.8) is 0 Å². The molecule has 116 valence electrons. The third kappa shape index (κ3) is 4.01. The number of carbonyl (C=O) groups is 1. The first kappa shape index (κ1) is 16.4. The van der Waals surface area contributed by atoms with Crippen LogP contribution in [0.2, 0.25) is 5.02 Å². The van der Waals surface area contributed by atoms with Gasteiger partial charge in [-0.25, -0.2) is 0 Å². The van der Waals surface area contributed by atoms with E-state index in [0.29, 0.717) is 10.7 Å². The molecule has 0 aliphatic heterocycles. The Labute approximate surface area is 136 Å². The van der Waals surface area contributed by atoms with Crippen molar-refractivity contribution < 1.29 is 4.79 Å². The van der Waals surface area contributed by atoms with Gasteiger partial charge in [0.05, 0.1) is 17.3 Å². The standard InChI is InChI=1S/C18H21ClN2O/c1-3-13-8-7-9-14(4-2)18(13)20-12-17(22)21-16-11-6-5-10-15(16)19/h5-11,20H,3-4,12H2,1-2H3,(H,21,22). The summed E-state index contributed by atoms with van der Waals surface area (Å²) < 4.78 is 0. The monoisotopic (exact) mass is 316 g/mol. The van der Waals surface area contributed by atoms with Gasteiger partial charge in [0.2, 0.25) is 5.91 Å². The van der Waals surface area contributed by atoms with Crippen molar-refractivity contribution in [1.82, 2.24) is 0 Å². The van der Waals surface area contributed by atoms with E-state index in [1.54, 1.807) is 12.1 Å². The highest BCUT2D eigenvalue weighted by molar-refractivity contribution is 6.33. The number of para-hydroxylation sites is 2. The molecule has 0 atom stereocenters. The van der Waals surface area contributed by atoms with E-state index >= 15 is 0 Å². The maximum atomic E-state index is 12.1. The molecule has 0 aromatic heterocycles. The minimum atomic E-state index is -0.110. The Bertz CT molecular complexity index is 633. The fourth-order valence-electron chi connectivity index (χ4n) is 2.40. The van der Waals surface area contributed by atoms with E-state index in [2.05, 4.69) is 42.7 Å². The van der Waals surface area contributed by atoms with Crippen LogP contribution in [-0.4, -0.2) is 12.5 Å². The molecule has 3 nitrogen and oxygen atoms in total. The van der Waals surface area contributed by atoms with Gasteiger partial charge in [-0.05, 0) is 36.1 Å². The fourth-order valence-corrected chi connectivity index (χ4v) is 2.58. The first-order valence-electron chi connectivity index (χ1n) is 7.54. The van der Waals surface area contributed by atoms with Crippen LogP contribution in [0.15, 0.2) is 42.5 Å². The van der Waals surface area contributed by atoms with Gasteiger partial charge in [-0.2, -0.15) is 0 Å². The lowest BCUT2D eigenvalue weighted by molar-refractivity contribution is -0.114. The minimum Gasteiger partial charge on any atom is -0.376 e. The zero-order valence-corrected chi connectivity index (χ0v) is 13.7. The number of hydrogen-bond donors (Lipinski definition) is 2. The smallest absolute Gasteiger partial charge is 0.243 e. The molecule has 0 bridgehead atoms. The van der Waals surface area contributed by atoms with Crippen LogP contribution >= 0.6 is 11.6 Å². The number of carbonyl (C=O) groups excluding carboxylic acids is 1. The molecule has 2 rings (SSSR count). The van der Waals surface area contributed by atoms with Gasteiger partial charge < -0.3 is 10.6 Å². The molecule has 0 saturated heterocycles. The molecule has 2 aromatic carbocycles. The Morgan fingerprint density at radius 1 is 1.00 bits per heavy atom. The van der Waals surface area contributed by atoms with Crippen LogP contribution in [-0.2, 0) is 17.6 Å². The lowest BCUT2D eigenvalue weighted by atomic mass is 10.0. The summed E-state index contributed by atoms with van der Waals surface area (Å²) in [6.45, 7) is 4.45. The number of halogens is 1. The molecular formula is C18H21ClN2O. The Kier molecular flexibility index (Phi) is 5.84. The molecule has 0 spiro atoms. The summed E-state index contributed by atoms with van der Waals surface area (Å²) in [7, 11) is 0. The highest BCUT2D eigenvalue weighted by Gasteiger charge is 2.09. The van der Waals surface area contributed by atoms with Crippen molar-refractivity contribution in [1.29, 1.82) is 0 Å². The van der Waals surface area contributed by atoms with Crippen molar-refractivity contribution in [2.24, 2.45) is 0 Å². The van der Waals surface area contributed by atoms with Crippen LogP contribution < -0.4 is 10.6 Å². The van der Waals surface area contributed by atoms with Crippen molar-refractivity contribution in [3.05, 3.63) is 58.6 Å². The molecule has 2 aromatic rings. The van der Waals surface area contributed by atoms with Crippen LogP contribution in [0.5, 0.6) is 0 Å². The normalized spacial score (nSPS) is 10.3. The molecule has 0 aliphatic rings. The summed E-state index contributed by atoms with van der Waals surface area (Å²) in [5.41, 5.74) is 4.16. The predicted octanol–water partition coefficient (Wildman–Crippen LogP) is 4.52. The number of amides is 1. The Morgan fingerprint density at radius 2 is 1.64 bits per heavy atom. The van der Waals surface area contributed by atoms with Gasteiger partial charge in [0.15, 0.2) is 0 Å². The molecule has 0 unspecified atom stereocenters.